The first kappa shape index (κ1) is 15.5. The molecule has 0 N–H and O–H groups in total. The zero-order valence-corrected chi connectivity index (χ0v) is 13.2. The molecule has 0 saturated heterocycles. The average Bonchev–Trinajstić information content (AvgIpc) is 2.83. The number of rotatable bonds is 5. The molecular weight excluding hydrogens is 343 g/mol. The van der Waals surface area contributed by atoms with Gasteiger partial charge < -0.3 is 9.47 Å². The summed E-state index contributed by atoms with van der Waals surface area (Å²) in [6, 6.07) is 4.19. The monoisotopic (exact) mass is 356 g/mol. The molecule has 1 aromatic heterocycles. The maximum Gasteiger partial charge on any atom is 0.362 e. The van der Waals surface area contributed by atoms with Crippen LogP contribution in [-0.4, -0.2) is 29.0 Å². The molecule has 2 rings (SSSR count). The minimum absolute atomic E-state index is 0.0925. The number of hydrogen-bond acceptors (Lipinski definition) is 4. The molecule has 112 valence electrons. The van der Waals surface area contributed by atoms with Crippen LogP contribution in [0.3, 0.4) is 0 Å². The van der Waals surface area contributed by atoms with E-state index in [2.05, 4.69) is 21.0 Å². The van der Waals surface area contributed by atoms with Gasteiger partial charge in [-0.15, -0.1) is 0 Å². The molecule has 2 aromatic rings. The molecule has 1 aromatic carbocycles. The van der Waals surface area contributed by atoms with Gasteiger partial charge in [0.25, 0.3) is 0 Å². The van der Waals surface area contributed by atoms with Crippen LogP contribution in [0.5, 0.6) is 5.75 Å². The highest BCUT2D eigenvalue weighted by molar-refractivity contribution is 9.10. The molecule has 0 radical (unpaired) electrons. The molecule has 7 heteroatoms. The highest BCUT2D eigenvalue weighted by atomic mass is 79.9. The first-order chi connectivity index (χ1) is 10.1. The average molecular weight is 357 g/mol. The second-order valence-electron chi connectivity index (χ2n) is 4.04. The van der Waals surface area contributed by atoms with Crippen LogP contribution in [0.25, 0.3) is 5.69 Å². The second-order valence-corrected chi connectivity index (χ2v) is 4.89. The molecule has 0 aliphatic rings. The van der Waals surface area contributed by atoms with Gasteiger partial charge in [-0.05, 0) is 48.0 Å². The van der Waals surface area contributed by atoms with Crippen molar-refractivity contribution in [2.75, 3.05) is 13.2 Å². The number of aromatic nitrogens is 2. The number of carbonyl (C=O) groups is 1. The Kier molecular flexibility index (Phi) is 4.95. The van der Waals surface area contributed by atoms with Crippen molar-refractivity contribution in [2.24, 2.45) is 0 Å². The summed E-state index contributed by atoms with van der Waals surface area (Å²) in [5.74, 6) is -0.599. The number of esters is 1. The lowest BCUT2D eigenvalue weighted by molar-refractivity contribution is 0.0514. The molecule has 0 fully saturated rings. The fourth-order valence-corrected chi connectivity index (χ4v) is 2.28. The van der Waals surface area contributed by atoms with Crippen LogP contribution >= 0.6 is 15.9 Å². The van der Waals surface area contributed by atoms with Gasteiger partial charge in [-0.2, -0.15) is 5.10 Å². The van der Waals surface area contributed by atoms with Gasteiger partial charge in [0.1, 0.15) is 5.82 Å². The number of nitrogens with zero attached hydrogens (tertiary/aromatic N) is 2. The molecule has 0 aliphatic heterocycles. The standard InChI is InChI=1S/C14H14BrFN2O3/c1-3-20-12-8-18(17-13(12)14(19)21-4-2)11-6-5-9(16)7-10(11)15/h5-8H,3-4H2,1-2H3. The first-order valence-corrected chi connectivity index (χ1v) is 7.21. The molecule has 0 amide bonds. The Bertz CT molecular complexity index is 658. The summed E-state index contributed by atoms with van der Waals surface area (Å²) >= 11 is 3.27. The minimum Gasteiger partial charge on any atom is -0.490 e. The van der Waals surface area contributed by atoms with Gasteiger partial charge in [0.15, 0.2) is 5.75 Å². The van der Waals surface area contributed by atoms with Crippen LogP contribution < -0.4 is 4.74 Å². The highest BCUT2D eigenvalue weighted by Crippen LogP contribution is 2.26. The third-order valence-electron chi connectivity index (χ3n) is 2.61. The van der Waals surface area contributed by atoms with Crippen LogP contribution in [0.2, 0.25) is 0 Å². The summed E-state index contributed by atoms with van der Waals surface area (Å²) in [5.41, 5.74) is 0.683. The van der Waals surface area contributed by atoms with Crippen molar-refractivity contribution in [3.8, 4) is 11.4 Å². The lowest BCUT2D eigenvalue weighted by Crippen LogP contribution is -2.08. The molecule has 0 unspecified atom stereocenters. The quantitative estimate of drug-likeness (QED) is 0.771. The van der Waals surface area contributed by atoms with E-state index in [0.29, 0.717) is 22.5 Å². The summed E-state index contributed by atoms with van der Waals surface area (Å²) < 4.78 is 25.4. The predicted octanol–water partition coefficient (Wildman–Crippen LogP) is 3.35. The lowest BCUT2D eigenvalue weighted by Gasteiger charge is -2.03. The fourth-order valence-electron chi connectivity index (χ4n) is 1.75. The maximum absolute atomic E-state index is 13.1. The Morgan fingerprint density at radius 1 is 1.38 bits per heavy atom. The van der Waals surface area contributed by atoms with E-state index in [1.54, 1.807) is 26.1 Å². The van der Waals surface area contributed by atoms with Gasteiger partial charge in [-0.3, -0.25) is 0 Å². The number of carbonyl (C=O) groups excluding carboxylic acids is 1. The molecule has 5 nitrogen and oxygen atoms in total. The Balaban J connectivity index is 2.45. The van der Waals surface area contributed by atoms with Crippen molar-refractivity contribution in [3.05, 3.63) is 40.4 Å². The van der Waals surface area contributed by atoms with Crippen LogP contribution in [-0.2, 0) is 4.74 Å². The number of hydrogen-bond donors (Lipinski definition) is 0. The fraction of sp³-hybridized carbons (Fsp3) is 0.286. The van der Waals surface area contributed by atoms with E-state index in [1.807, 2.05) is 0 Å². The van der Waals surface area contributed by atoms with Crippen molar-refractivity contribution in [1.29, 1.82) is 0 Å². The molecule has 0 aliphatic carbocycles. The van der Waals surface area contributed by atoms with Crippen molar-refractivity contribution in [1.82, 2.24) is 9.78 Å². The second kappa shape index (κ2) is 6.71. The van der Waals surface area contributed by atoms with E-state index in [4.69, 9.17) is 9.47 Å². The van der Waals surface area contributed by atoms with Crippen LogP contribution in [0.4, 0.5) is 4.39 Å². The number of ether oxygens (including phenoxy) is 2. The SMILES string of the molecule is CCOC(=O)c1nn(-c2ccc(F)cc2Br)cc1OCC. The summed E-state index contributed by atoms with van der Waals surface area (Å²) in [7, 11) is 0. The Morgan fingerprint density at radius 2 is 2.14 bits per heavy atom. The van der Waals surface area contributed by atoms with E-state index < -0.39 is 5.97 Å². The van der Waals surface area contributed by atoms with Gasteiger partial charge >= 0.3 is 5.97 Å². The molecule has 0 spiro atoms. The third-order valence-corrected chi connectivity index (χ3v) is 3.24. The van der Waals surface area contributed by atoms with Gasteiger partial charge in [-0.25, -0.2) is 13.9 Å². The van der Waals surface area contributed by atoms with E-state index in [0.717, 1.165) is 0 Å². The van der Waals surface area contributed by atoms with Crippen molar-refractivity contribution < 1.29 is 18.7 Å². The van der Waals surface area contributed by atoms with Crippen LogP contribution in [0.15, 0.2) is 28.9 Å². The minimum atomic E-state index is -0.557. The molecule has 21 heavy (non-hydrogen) atoms. The van der Waals surface area contributed by atoms with Gasteiger partial charge in [0.05, 0.1) is 25.1 Å². The van der Waals surface area contributed by atoms with E-state index in [9.17, 15) is 9.18 Å². The zero-order chi connectivity index (χ0) is 15.4. The molecule has 0 bridgehead atoms. The van der Waals surface area contributed by atoms with E-state index >= 15 is 0 Å². The topological polar surface area (TPSA) is 53.3 Å². The predicted molar refractivity (Wildman–Crippen MR) is 78.3 cm³/mol. The smallest absolute Gasteiger partial charge is 0.362 e. The molecule has 0 saturated carbocycles. The van der Waals surface area contributed by atoms with Gasteiger partial charge in [0, 0.05) is 4.47 Å². The summed E-state index contributed by atoms with van der Waals surface area (Å²) in [6.07, 6.45) is 1.56. The number of benzene rings is 1. The normalized spacial score (nSPS) is 10.5. The van der Waals surface area contributed by atoms with Crippen LogP contribution in [0, 0.1) is 5.82 Å². The summed E-state index contributed by atoms with van der Waals surface area (Å²) in [6.45, 7) is 4.16. The Labute approximate surface area is 129 Å². The van der Waals surface area contributed by atoms with Crippen molar-refractivity contribution >= 4 is 21.9 Å². The zero-order valence-electron chi connectivity index (χ0n) is 11.6. The van der Waals surface area contributed by atoms with E-state index in [1.165, 1.54) is 16.8 Å². The Morgan fingerprint density at radius 3 is 2.76 bits per heavy atom. The van der Waals surface area contributed by atoms with Gasteiger partial charge in [-0.1, -0.05) is 0 Å². The summed E-state index contributed by atoms with van der Waals surface area (Å²) in [5, 5.41) is 4.17. The summed E-state index contributed by atoms with van der Waals surface area (Å²) in [4.78, 5) is 11.9. The maximum atomic E-state index is 13.1. The lowest BCUT2D eigenvalue weighted by atomic mass is 10.3. The highest BCUT2D eigenvalue weighted by Gasteiger charge is 2.20. The molecular formula is C14H14BrFN2O3. The number of halogens is 2. The van der Waals surface area contributed by atoms with Crippen LogP contribution in [0.1, 0.15) is 24.3 Å². The largest absolute Gasteiger partial charge is 0.490 e. The van der Waals surface area contributed by atoms with Gasteiger partial charge in [0.2, 0.25) is 5.69 Å². The van der Waals surface area contributed by atoms with Crippen molar-refractivity contribution in [2.45, 2.75) is 13.8 Å². The van der Waals surface area contributed by atoms with E-state index in [-0.39, 0.29) is 18.1 Å². The van der Waals surface area contributed by atoms with Crippen molar-refractivity contribution in [3.63, 3.8) is 0 Å². The third kappa shape index (κ3) is 3.41. The first-order valence-electron chi connectivity index (χ1n) is 6.41. The Hall–Kier alpha value is -1.89. The molecule has 0 atom stereocenters. The molecule has 1 heterocycles.